The summed E-state index contributed by atoms with van der Waals surface area (Å²) in [6.45, 7) is 0. The molecule has 0 fully saturated rings. The van der Waals surface area contributed by atoms with Crippen LogP contribution in [-0.2, 0) is 0 Å². The van der Waals surface area contributed by atoms with E-state index in [1.54, 1.807) is 0 Å². The molecule has 0 amide bonds. The lowest BCUT2D eigenvalue weighted by Crippen LogP contribution is -1.84. The SMILES string of the molecule is c1ccc(Oc2ccc(-c3cc(-c4ccccc4)n[nH]3)cc2)cc1. The first-order valence-corrected chi connectivity index (χ1v) is 7.83. The van der Waals surface area contributed by atoms with E-state index in [9.17, 15) is 0 Å². The molecule has 1 aromatic heterocycles. The summed E-state index contributed by atoms with van der Waals surface area (Å²) < 4.78 is 5.82. The first kappa shape index (κ1) is 14.3. The second kappa shape index (κ2) is 6.42. The zero-order valence-corrected chi connectivity index (χ0v) is 13.0. The molecular formula is C21H16N2O. The highest BCUT2D eigenvalue weighted by Crippen LogP contribution is 2.27. The lowest BCUT2D eigenvalue weighted by Gasteiger charge is -2.05. The first-order valence-electron chi connectivity index (χ1n) is 7.83. The fourth-order valence-electron chi connectivity index (χ4n) is 2.55. The van der Waals surface area contributed by atoms with Crippen LogP contribution in [0.15, 0.2) is 91.0 Å². The second-order valence-corrected chi connectivity index (χ2v) is 5.47. The standard InChI is InChI=1S/C21H16N2O/c1-3-7-16(8-4-1)20-15-21(23-22-20)17-11-13-19(14-12-17)24-18-9-5-2-6-10-18/h1-15H,(H,22,23). The monoisotopic (exact) mass is 312 g/mol. The maximum Gasteiger partial charge on any atom is 0.127 e. The van der Waals surface area contributed by atoms with Crippen LogP contribution in [0.4, 0.5) is 0 Å². The van der Waals surface area contributed by atoms with Gasteiger partial charge in [-0.2, -0.15) is 5.10 Å². The molecule has 1 N–H and O–H groups in total. The molecule has 0 bridgehead atoms. The Morgan fingerprint density at radius 3 is 1.96 bits per heavy atom. The highest BCUT2D eigenvalue weighted by atomic mass is 16.5. The van der Waals surface area contributed by atoms with E-state index >= 15 is 0 Å². The van der Waals surface area contributed by atoms with Gasteiger partial charge < -0.3 is 4.74 Å². The Balaban J connectivity index is 1.54. The van der Waals surface area contributed by atoms with Gasteiger partial charge in [-0.1, -0.05) is 48.5 Å². The Bertz CT molecular complexity index is 913. The van der Waals surface area contributed by atoms with Crippen molar-refractivity contribution in [1.82, 2.24) is 10.2 Å². The highest BCUT2D eigenvalue weighted by Gasteiger charge is 2.06. The van der Waals surface area contributed by atoms with E-state index in [1.165, 1.54) is 0 Å². The third kappa shape index (κ3) is 3.06. The number of hydrogen-bond acceptors (Lipinski definition) is 2. The second-order valence-electron chi connectivity index (χ2n) is 5.47. The van der Waals surface area contributed by atoms with Crippen molar-refractivity contribution in [1.29, 1.82) is 0 Å². The Hall–Kier alpha value is -3.33. The van der Waals surface area contributed by atoms with Crippen molar-refractivity contribution in [2.75, 3.05) is 0 Å². The highest BCUT2D eigenvalue weighted by molar-refractivity contribution is 5.68. The molecule has 0 saturated heterocycles. The third-order valence-corrected chi connectivity index (χ3v) is 3.79. The minimum Gasteiger partial charge on any atom is -0.457 e. The Labute approximate surface area is 140 Å². The van der Waals surface area contributed by atoms with Crippen LogP contribution in [0.1, 0.15) is 0 Å². The fraction of sp³-hybridized carbons (Fsp3) is 0. The van der Waals surface area contributed by atoms with Crippen molar-refractivity contribution in [3.63, 3.8) is 0 Å². The first-order chi connectivity index (χ1) is 11.9. The number of rotatable bonds is 4. The fourth-order valence-corrected chi connectivity index (χ4v) is 2.55. The van der Waals surface area contributed by atoms with E-state index < -0.39 is 0 Å². The number of aromatic amines is 1. The maximum atomic E-state index is 5.82. The van der Waals surface area contributed by atoms with Gasteiger partial charge in [0.05, 0.1) is 11.4 Å². The molecular weight excluding hydrogens is 296 g/mol. The number of para-hydroxylation sites is 1. The molecule has 0 unspecified atom stereocenters. The zero-order chi connectivity index (χ0) is 16.2. The van der Waals surface area contributed by atoms with Crippen molar-refractivity contribution < 1.29 is 4.74 Å². The summed E-state index contributed by atoms with van der Waals surface area (Å²) in [5.41, 5.74) is 4.10. The summed E-state index contributed by atoms with van der Waals surface area (Å²) in [5, 5.41) is 7.50. The predicted octanol–water partition coefficient (Wildman–Crippen LogP) is 5.54. The van der Waals surface area contributed by atoms with Crippen LogP contribution < -0.4 is 4.74 Å². The minimum atomic E-state index is 0.813. The molecule has 0 aliphatic heterocycles. The van der Waals surface area contributed by atoms with Crippen LogP contribution in [0.5, 0.6) is 11.5 Å². The van der Waals surface area contributed by atoms with Gasteiger partial charge in [0.1, 0.15) is 11.5 Å². The Morgan fingerprint density at radius 1 is 0.625 bits per heavy atom. The average molecular weight is 312 g/mol. The van der Waals surface area contributed by atoms with Gasteiger partial charge >= 0.3 is 0 Å². The summed E-state index contributed by atoms with van der Waals surface area (Å²) in [4.78, 5) is 0. The van der Waals surface area contributed by atoms with E-state index in [0.717, 1.165) is 34.0 Å². The quantitative estimate of drug-likeness (QED) is 0.537. The molecule has 1 heterocycles. The largest absolute Gasteiger partial charge is 0.457 e. The summed E-state index contributed by atoms with van der Waals surface area (Å²) in [5.74, 6) is 1.64. The topological polar surface area (TPSA) is 37.9 Å². The molecule has 4 aromatic rings. The van der Waals surface area contributed by atoms with Gasteiger partial charge in [-0.05, 0) is 48.0 Å². The van der Waals surface area contributed by atoms with E-state index in [-0.39, 0.29) is 0 Å². The van der Waals surface area contributed by atoms with Gasteiger partial charge in [0, 0.05) is 5.56 Å². The molecule has 0 radical (unpaired) electrons. The zero-order valence-electron chi connectivity index (χ0n) is 13.0. The molecule has 0 aliphatic rings. The number of aromatic nitrogens is 2. The van der Waals surface area contributed by atoms with Crippen LogP contribution >= 0.6 is 0 Å². The van der Waals surface area contributed by atoms with Crippen molar-refractivity contribution in [2.45, 2.75) is 0 Å². The molecule has 0 spiro atoms. The van der Waals surface area contributed by atoms with Gasteiger partial charge in [0.2, 0.25) is 0 Å². The van der Waals surface area contributed by atoms with E-state index in [4.69, 9.17) is 4.74 Å². The molecule has 0 saturated carbocycles. The molecule has 3 aromatic carbocycles. The average Bonchev–Trinajstić information content (AvgIpc) is 3.14. The minimum absolute atomic E-state index is 0.813. The molecule has 3 heteroatoms. The molecule has 0 aliphatic carbocycles. The van der Waals surface area contributed by atoms with Crippen molar-refractivity contribution >= 4 is 0 Å². The maximum absolute atomic E-state index is 5.82. The number of nitrogens with one attached hydrogen (secondary N) is 1. The van der Waals surface area contributed by atoms with Crippen molar-refractivity contribution in [3.05, 3.63) is 91.0 Å². The normalized spacial score (nSPS) is 10.5. The summed E-state index contributed by atoms with van der Waals surface area (Å²) in [6.07, 6.45) is 0. The van der Waals surface area contributed by atoms with Crippen LogP contribution in [0.25, 0.3) is 22.5 Å². The summed E-state index contributed by atoms with van der Waals surface area (Å²) >= 11 is 0. The smallest absolute Gasteiger partial charge is 0.127 e. The van der Waals surface area contributed by atoms with E-state index in [2.05, 4.69) is 28.4 Å². The molecule has 4 rings (SSSR count). The Kier molecular flexibility index (Phi) is 3.82. The lowest BCUT2D eigenvalue weighted by atomic mass is 10.1. The van der Waals surface area contributed by atoms with Gasteiger partial charge in [0.25, 0.3) is 0 Å². The number of H-pyrrole nitrogens is 1. The van der Waals surface area contributed by atoms with Crippen molar-refractivity contribution in [2.24, 2.45) is 0 Å². The molecule has 24 heavy (non-hydrogen) atoms. The number of benzene rings is 3. The number of ether oxygens (including phenoxy) is 1. The van der Waals surface area contributed by atoms with Gasteiger partial charge in [-0.3, -0.25) is 5.10 Å². The number of hydrogen-bond donors (Lipinski definition) is 1. The van der Waals surface area contributed by atoms with Gasteiger partial charge in [-0.25, -0.2) is 0 Å². The summed E-state index contributed by atoms with van der Waals surface area (Å²) in [7, 11) is 0. The van der Waals surface area contributed by atoms with Gasteiger partial charge in [-0.15, -0.1) is 0 Å². The summed E-state index contributed by atoms with van der Waals surface area (Å²) in [6, 6.07) is 29.9. The molecule has 0 atom stereocenters. The number of nitrogens with zero attached hydrogens (tertiary/aromatic N) is 1. The van der Waals surface area contributed by atoms with Crippen LogP contribution in [0.2, 0.25) is 0 Å². The molecule has 3 nitrogen and oxygen atoms in total. The predicted molar refractivity (Wildman–Crippen MR) is 96.0 cm³/mol. The lowest BCUT2D eigenvalue weighted by molar-refractivity contribution is 0.483. The van der Waals surface area contributed by atoms with Crippen molar-refractivity contribution in [3.8, 4) is 34.0 Å². The van der Waals surface area contributed by atoms with E-state index in [1.807, 2.05) is 72.8 Å². The van der Waals surface area contributed by atoms with E-state index in [0.29, 0.717) is 0 Å². The van der Waals surface area contributed by atoms with Crippen LogP contribution in [-0.4, -0.2) is 10.2 Å². The Morgan fingerprint density at radius 2 is 1.25 bits per heavy atom. The van der Waals surface area contributed by atoms with Crippen LogP contribution in [0, 0.1) is 0 Å². The molecule has 116 valence electrons. The van der Waals surface area contributed by atoms with Gasteiger partial charge in [0.15, 0.2) is 0 Å². The third-order valence-electron chi connectivity index (χ3n) is 3.79. The van der Waals surface area contributed by atoms with Crippen LogP contribution in [0.3, 0.4) is 0 Å².